The Hall–Kier alpha value is -4.61. The van der Waals surface area contributed by atoms with Gasteiger partial charge >= 0.3 is 6.09 Å². The van der Waals surface area contributed by atoms with Gasteiger partial charge in [-0.25, -0.2) is 9.18 Å². The highest BCUT2D eigenvalue weighted by atomic mass is 19.1. The molecule has 10 nitrogen and oxygen atoms in total. The van der Waals surface area contributed by atoms with Gasteiger partial charge in [0.15, 0.2) is 5.60 Å². The van der Waals surface area contributed by atoms with Gasteiger partial charge in [0.25, 0.3) is 5.91 Å². The second-order valence-electron chi connectivity index (χ2n) is 13.1. The summed E-state index contributed by atoms with van der Waals surface area (Å²) in [5.41, 5.74) is 1.22. The van der Waals surface area contributed by atoms with Crippen LogP contribution in [0.3, 0.4) is 0 Å². The summed E-state index contributed by atoms with van der Waals surface area (Å²) in [6.07, 6.45) is 0.208. The lowest BCUT2D eigenvalue weighted by Crippen LogP contribution is -2.45. The molecule has 47 heavy (non-hydrogen) atoms. The number of hydrogen-bond acceptors (Lipinski definition) is 7. The first-order valence-electron chi connectivity index (χ1n) is 16.0. The van der Waals surface area contributed by atoms with Crippen LogP contribution in [0.1, 0.15) is 55.7 Å². The van der Waals surface area contributed by atoms with E-state index in [9.17, 15) is 14.7 Å². The average Bonchev–Trinajstić information content (AvgIpc) is 3.83. The van der Waals surface area contributed by atoms with Crippen LogP contribution in [0.15, 0.2) is 85.1 Å². The summed E-state index contributed by atoms with van der Waals surface area (Å²) in [5.74, 6) is -1.28. The predicted molar refractivity (Wildman–Crippen MR) is 172 cm³/mol. The third-order valence-corrected chi connectivity index (χ3v) is 9.81. The van der Waals surface area contributed by atoms with E-state index in [1.807, 2.05) is 85.8 Å². The quantitative estimate of drug-likeness (QED) is 0.256. The Kier molecular flexibility index (Phi) is 7.84. The Balaban J connectivity index is 1.13. The van der Waals surface area contributed by atoms with Gasteiger partial charge in [-0.15, -0.1) is 5.10 Å². The lowest BCUT2D eigenvalue weighted by Gasteiger charge is -2.32. The number of fused-ring (bicyclic) bond motifs is 2. The minimum atomic E-state index is -1.64. The molecule has 2 amide bonds. The van der Waals surface area contributed by atoms with Crippen molar-refractivity contribution in [2.45, 2.75) is 63.8 Å². The van der Waals surface area contributed by atoms with Gasteiger partial charge in [0.2, 0.25) is 0 Å². The molecule has 7 rings (SSSR count). The smallest absolute Gasteiger partial charge is 0.414 e. The summed E-state index contributed by atoms with van der Waals surface area (Å²) in [6, 6.07) is 24.3. The first-order chi connectivity index (χ1) is 22.6. The molecule has 0 aliphatic carbocycles. The largest absolute Gasteiger partial charge is 0.447 e. The maximum Gasteiger partial charge on any atom is 0.414 e. The summed E-state index contributed by atoms with van der Waals surface area (Å²) < 4.78 is 29.6. The summed E-state index contributed by atoms with van der Waals surface area (Å²) in [7, 11) is 0. The molecule has 0 bridgehead atoms. The maximum atomic E-state index is 16.1. The summed E-state index contributed by atoms with van der Waals surface area (Å²) >= 11 is 0. The molecule has 1 aromatic heterocycles. The molecule has 1 N–H and O–H groups in total. The van der Waals surface area contributed by atoms with E-state index in [0.29, 0.717) is 37.4 Å². The van der Waals surface area contributed by atoms with Crippen molar-refractivity contribution in [1.29, 1.82) is 0 Å². The number of aliphatic hydroxyl groups is 1. The molecule has 0 saturated carbocycles. The molecule has 1 spiro atoms. The van der Waals surface area contributed by atoms with Crippen molar-refractivity contribution in [3.8, 4) is 0 Å². The van der Waals surface area contributed by atoms with E-state index in [-0.39, 0.29) is 18.5 Å². The molecule has 3 aliphatic heterocycles. The van der Waals surface area contributed by atoms with Crippen LogP contribution in [0.25, 0.3) is 0 Å². The first kappa shape index (κ1) is 31.0. The summed E-state index contributed by atoms with van der Waals surface area (Å²) in [6.45, 7) is 6.52. The van der Waals surface area contributed by atoms with Crippen molar-refractivity contribution in [3.63, 3.8) is 0 Å². The zero-order valence-electron chi connectivity index (χ0n) is 26.6. The Labute approximate surface area is 272 Å². The molecule has 11 heteroatoms. The van der Waals surface area contributed by atoms with Gasteiger partial charge < -0.3 is 19.5 Å². The molecule has 3 aliphatic rings. The second kappa shape index (κ2) is 11.9. The van der Waals surface area contributed by atoms with Gasteiger partial charge in [-0.2, -0.15) is 0 Å². The third kappa shape index (κ3) is 5.37. The standard InChI is InChI=1S/C36H38FN5O5/c1-23-31(35(2,3)37)30(17-18-40-22-28(38-39-40)32(43)25-9-5-4-6-10-25)47-36(23)27-11-7-8-12-29(27)42(33(36)44)21-24-13-15-26(16-14-24)41-19-20-46-34(41)45/h4-16,22-23,30-32,43H,17-21H2,1-3H3/t23-,30+,31-,32+,36+/m0/s1. The minimum Gasteiger partial charge on any atom is -0.447 e. The van der Waals surface area contributed by atoms with Crippen LogP contribution in [-0.4, -0.2) is 57.0 Å². The zero-order chi connectivity index (χ0) is 32.9. The number of cyclic esters (lactones) is 1. The van der Waals surface area contributed by atoms with Gasteiger partial charge in [-0.1, -0.05) is 72.8 Å². The van der Waals surface area contributed by atoms with Crippen LogP contribution < -0.4 is 9.80 Å². The molecule has 0 unspecified atom stereocenters. The number of carbonyl (C=O) groups excluding carboxylic acids is 2. The lowest BCUT2D eigenvalue weighted by atomic mass is 9.71. The fourth-order valence-corrected chi connectivity index (χ4v) is 7.63. The van der Waals surface area contributed by atoms with Crippen molar-refractivity contribution < 1.29 is 28.6 Å². The topological polar surface area (TPSA) is 110 Å². The van der Waals surface area contributed by atoms with E-state index < -0.39 is 35.3 Å². The van der Waals surface area contributed by atoms with Crippen LogP contribution in [0.5, 0.6) is 0 Å². The van der Waals surface area contributed by atoms with Crippen LogP contribution in [0, 0.1) is 11.8 Å². The molecule has 4 aromatic rings. The van der Waals surface area contributed by atoms with Crippen molar-refractivity contribution in [2.75, 3.05) is 23.0 Å². The number of nitrogens with zero attached hydrogens (tertiary/aromatic N) is 5. The van der Waals surface area contributed by atoms with Crippen LogP contribution >= 0.6 is 0 Å². The predicted octanol–water partition coefficient (Wildman–Crippen LogP) is 5.55. The monoisotopic (exact) mass is 639 g/mol. The number of para-hydroxylation sites is 1. The molecule has 5 atom stereocenters. The number of benzene rings is 3. The number of halogens is 1. The molecule has 2 fully saturated rings. The number of anilines is 2. The first-order valence-corrected chi connectivity index (χ1v) is 16.0. The number of alkyl halides is 1. The number of rotatable bonds is 9. The third-order valence-electron chi connectivity index (χ3n) is 9.81. The van der Waals surface area contributed by atoms with E-state index in [4.69, 9.17) is 9.47 Å². The van der Waals surface area contributed by atoms with Gasteiger partial charge in [0.1, 0.15) is 24.1 Å². The van der Waals surface area contributed by atoms with Gasteiger partial charge in [-0.3, -0.25) is 14.4 Å². The van der Waals surface area contributed by atoms with Crippen molar-refractivity contribution >= 4 is 23.4 Å². The number of ether oxygens (including phenoxy) is 2. The van der Waals surface area contributed by atoms with Crippen LogP contribution in [-0.2, 0) is 33.0 Å². The fourth-order valence-electron chi connectivity index (χ4n) is 7.63. The molecule has 4 heterocycles. The van der Waals surface area contributed by atoms with Gasteiger partial charge in [-0.05, 0) is 49.6 Å². The SMILES string of the molecule is C[C@H]1[C@H](C(C)(C)F)[C@@H](CCn2cc([C@H](O)c3ccccc3)nn2)O[C@]12C(=O)N(Cc1ccc(N3CCOC3=O)cc1)c1ccccc12. The maximum absolute atomic E-state index is 16.1. The summed E-state index contributed by atoms with van der Waals surface area (Å²) in [5, 5.41) is 19.2. The van der Waals surface area contributed by atoms with Gasteiger partial charge in [0.05, 0.1) is 31.1 Å². The molecule has 0 radical (unpaired) electrons. The van der Waals surface area contributed by atoms with Crippen molar-refractivity contribution in [2.24, 2.45) is 11.8 Å². The van der Waals surface area contributed by atoms with E-state index in [1.165, 1.54) is 0 Å². The van der Waals surface area contributed by atoms with E-state index in [0.717, 1.165) is 22.5 Å². The molecular formula is C36H38FN5O5. The van der Waals surface area contributed by atoms with E-state index in [2.05, 4.69) is 10.3 Å². The van der Waals surface area contributed by atoms with E-state index in [1.54, 1.807) is 34.5 Å². The average molecular weight is 640 g/mol. The highest BCUT2D eigenvalue weighted by Crippen LogP contribution is 2.58. The Morgan fingerprint density at radius 2 is 1.77 bits per heavy atom. The molecule has 2 saturated heterocycles. The van der Waals surface area contributed by atoms with Crippen LogP contribution in [0.4, 0.5) is 20.6 Å². The van der Waals surface area contributed by atoms with Crippen molar-refractivity contribution in [3.05, 3.63) is 107 Å². The number of aryl methyl sites for hydroxylation is 1. The highest BCUT2D eigenvalue weighted by molar-refractivity contribution is 6.07. The van der Waals surface area contributed by atoms with E-state index >= 15 is 4.39 Å². The minimum absolute atomic E-state index is 0.218. The van der Waals surface area contributed by atoms with Gasteiger partial charge in [0, 0.05) is 29.6 Å². The highest BCUT2D eigenvalue weighted by Gasteiger charge is 2.66. The lowest BCUT2D eigenvalue weighted by molar-refractivity contribution is -0.146. The Morgan fingerprint density at radius 3 is 2.47 bits per heavy atom. The number of aliphatic hydroxyl groups excluding tert-OH is 1. The molecular weight excluding hydrogens is 601 g/mol. The fraction of sp³-hybridized carbons (Fsp3) is 0.389. The normalized spacial score (nSPS) is 24.7. The molecule has 3 aromatic carbocycles. The van der Waals surface area contributed by atoms with Crippen molar-refractivity contribution in [1.82, 2.24) is 15.0 Å². The second-order valence-corrected chi connectivity index (χ2v) is 13.1. The number of amides is 2. The number of hydrogen-bond donors (Lipinski definition) is 1. The zero-order valence-corrected chi connectivity index (χ0v) is 26.6. The summed E-state index contributed by atoms with van der Waals surface area (Å²) in [4.78, 5) is 29.9. The Bertz CT molecular complexity index is 1770. The molecule has 244 valence electrons. The van der Waals surface area contributed by atoms with Crippen LogP contribution in [0.2, 0.25) is 0 Å². The Morgan fingerprint density at radius 1 is 1.04 bits per heavy atom. The number of aromatic nitrogens is 3. The number of carbonyl (C=O) groups is 2.